The number of pyridine rings is 1. The predicted molar refractivity (Wildman–Crippen MR) is 137 cm³/mol. The Bertz CT molecular complexity index is 1230. The number of carboxylic acid groups (broad SMARTS) is 1. The first-order valence-corrected chi connectivity index (χ1v) is 12.5. The number of aromatic nitrogens is 2. The van der Waals surface area contributed by atoms with Gasteiger partial charge in [-0.05, 0) is 37.6 Å². The van der Waals surface area contributed by atoms with Gasteiger partial charge in [-0.3, -0.25) is 23.7 Å². The molecule has 11 heteroatoms. The molecule has 0 spiro atoms. The monoisotopic (exact) mass is 501 g/mol. The van der Waals surface area contributed by atoms with Crippen molar-refractivity contribution in [3.05, 3.63) is 44.7 Å². The first-order chi connectivity index (χ1) is 16.3. The van der Waals surface area contributed by atoms with E-state index in [0.29, 0.717) is 32.7 Å². The van der Waals surface area contributed by atoms with Crippen LogP contribution in [0.2, 0.25) is 0 Å². The summed E-state index contributed by atoms with van der Waals surface area (Å²) in [5.41, 5.74) is 1.61. The van der Waals surface area contributed by atoms with E-state index < -0.39 is 5.97 Å². The van der Waals surface area contributed by atoms with Crippen LogP contribution < -0.4 is 10.5 Å². The third-order valence-corrected chi connectivity index (χ3v) is 7.40. The van der Waals surface area contributed by atoms with Crippen LogP contribution in [0.4, 0.5) is 5.82 Å². The zero-order valence-corrected chi connectivity index (χ0v) is 20.8. The second-order valence-corrected chi connectivity index (χ2v) is 10.0. The molecule has 0 saturated carbocycles. The third kappa shape index (κ3) is 5.01. The number of carbonyl (C=O) groups is 2. The van der Waals surface area contributed by atoms with Gasteiger partial charge in [-0.15, -0.1) is 0 Å². The molecule has 2 aromatic rings. The SMILES string of the molecule is CCN1CCN(c2nc3ccc(C)cn3c(=O)c2/C=C2\SC(=S)N(CCCC(=O)O)C2=O)CC1. The Morgan fingerprint density at radius 2 is 1.97 bits per heavy atom. The van der Waals surface area contributed by atoms with Crippen LogP contribution in [0.5, 0.6) is 0 Å². The molecule has 0 aromatic carbocycles. The van der Waals surface area contributed by atoms with Crippen LogP contribution in [-0.2, 0) is 9.59 Å². The molecule has 4 rings (SSSR count). The van der Waals surface area contributed by atoms with Gasteiger partial charge in [0.2, 0.25) is 0 Å². The standard InChI is InChI=1S/C23H27N5O4S2/c1-3-25-9-11-26(12-10-25)20-16(21(31)28-14-15(2)6-7-18(28)24-20)13-17-22(32)27(23(33)34-17)8-4-5-19(29)30/h6-7,13-14H,3-5,8-12H2,1-2H3,(H,29,30)/b17-13-. The van der Waals surface area contributed by atoms with Crippen molar-refractivity contribution in [3.8, 4) is 0 Å². The van der Waals surface area contributed by atoms with Crippen molar-refractivity contribution >= 4 is 57.7 Å². The van der Waals surface area contributed by atoms with E-state index in [2.05, 4.69) is 16.7 Å². The Hall–Kier alpha value is -2.76. The largest absolute Gasteiger partial charge is 0.481 e. The van der Waals surface area contributed by atoms with Crippen molar-refractivity contribution in [1.82, 2.24) is 19.2 Å². The number of amides is 1. The minimum atomic E-state index is -0.917. The fourth-order valence-corrected chi connectivity index (χ4v) is 5.39. The van der Waals surface area contributed by atoms with Crippen LogP contribution in [0.25, 0.3) is 11.7 Å². The molecular formula is C23H27N5O4S2. The van der Waals surface area contributed by atoms with E-state index in [0.717, 1.165) is 50.0 Å². The number of thiocarbonyl (C=S) groups is 1. The molecule has 4 heterocycles. The van der Waals surface area contributed by atoms with Gasteiger partial charge in [0, 0.05) is 45.3 Å². The molecule has 1 N–H and O–H groups in total. The molecule has 34 heavy (non-hydrogen) atoms. The molecule has 2 aliphatic rings. The molecule has 180 valence electrons. The number of aliphatic carboxylic acids is 1. The number of piperazine rings is 1. The summed E-state index contributed by atoms with van der Waals surface area (Å²) in [5.74, 6) is -0.657. The van der Waals surface area contributed by atoms with E-state index in [-0.39, 0.29) is 24.4 Å². The van der Waals surface area contributed by atoms with Crippen molar-refractivity contribution in [3.63, 3.8) is 0 Å². The molecule has 2 aromatic heterocycles. The lowest BCUT2D eigenvalue weighted by Crippen LogP contribution is -2.47. The fraction of sp³-hybridized carbons (Fsp3) is 0.435. The van der Waals surface area contributed by atoms with Gasteiger partial charge < -0.3 is 14.9 Å². The summed E-state index contributed by atoms with van der Waals surface area (Å²) < 4.78 is 1.88. The highest BCUT2D eigenvalue weighted by atomic mass is 32.2. The first-order valence-electron chi connectivity index (χ1n) is 11.3. The summed E-state index contributed by atoms with van der Waals surface area (Å²) in [4.78, 5) is 48.5. The first kappa shape index (κ1) is 24.4. The lowest BCUT2D eigenvalue weighted by Gasteiger charge is -2.35. The van der Waals surface area contributed by atoms with E-state index in [4.69, 9.17) is 22.3 Å². The quantitative estimate of drug-likeness (QED) is 0.452. The number of carboxylic acids is 1. The van der Waals surface area contributed by atoms with Crippen molar-refractivity contribution in [2.75, 3.05) is 44.2 Å². The molecule has 9 nitrogen and oxygen atoms in total. The number of likely N-dealkylation sites (N-methyl/N-ethyl adjacent to an activating group) is 1. The Morgan fingerprint density at radius 3 is 2.65 bits per heavy atom. The average Bonchev–Trinajstić information content (AvgIpc) is 3.08. The lowest BCUT2D eigenvalue weighted by atomic mass is 10.2. The highest BCUT2D eigenvalue weighted by Gasteiger charge is 2.33. The number of anilines is 1. The average molecular weight is 502 g/mol. The van der Waals surface area contributed by atoms with Crippen LogP contribution in [-0.4, -0.2) is 79.8 Å². The summed E-state index contributed by atoms with van der Waals surface area (Å²) in [6.07, 6.45) is 3.61. The maximum absolute atomic E-state index is 13.6. The van der Waals surface area contributed by atoms with Gasteiger partial charge in [0.1, 0.15) is 15.8 Å². The molecule has 2 fully saturated rings. The van der Waals surface area contributed by atoms with Crippen LogP contribution in [0, 0.1) is 6.92 Å². The minimum absolute atomic E-state index is 0.0424. The van der Waals surface area contributed by atoms with Crippen molar-refractivity contribution < 1.29 is 14.7 Å². The second-order valence-electron chi connectivity index (χ2n) is 8.34. The second kappa shape index (κ2) is 10.2. The zero-order valence-electron chi connectivity index (χ0n) is 19.2. The summed E-state index contributed by atoms with van der Waals surface area (Å²) in [7, 11) is 0. The van der Waals surface area contributed by atoms with E-state index in [9.17, 15) is 14.4 Å². The zero-order chi connectivity index (χ0) is 24.4. The van der Waals surface area contributed by atoms with Crippen LogP contribution in [0.15, 0.2) is 28.0 Å². The number of nitrogens with zero attached hydrogens (tertiary/aromatic N) is 5. The van der Waals surface area contributed by atoms with Gasteiger partial charge in [0.25, 0.3) is 11.5 Å². The third-order valence-electron chi connectivity index (χ3n) is 6.03. The van der Waals surface area contributed by atoms with Crippen molar-refractivity contribution in [1.29, 1.82) is 0 Å². The van der Waals surface area contributed by atoms with Crippen LogP contribution in [0.1, 0.15) is 30.9 Å². The summed E-state index contributed by atoms with van der Waals surface area (Å²) in [6, 6.07) is 3.75. The number of thioether (sulfide) groups is 1. The predicted octanol–water partition coefficient (Wildman–Crippen LogP) is 2.21. The fourth-order valence-electron chi connectivity index (χ4n) is 4.10. The number of rotatable bonds is 7. The molecule has 2 aliphatic heterocycles. The number of fused-ring (bicyclic) bond motifs is 1. The number of carbonyl (C=O) groups excluding carboxylic acids is 1. The Labute approximate surface area is 207 Å². The molecule has 0 unspecified atom stereocenters. The molecule has 2 saturated heterocycles. The smallest absolute Gasteiger partial charge is 0.303 e. The van der Waals surface area contributed by atoms with Gasteiger partial charge in [-0.25, -0.2) is 4.98 Å². The topological polar surface area (TPSA) is 98.5 Å². The number of aryl methyl sites for hydroxylation is 1. The Balaban J connectivity index is 1.73. The maximum atomic E-state index is 13.6. The Kier molecular flexibility index (Phi) is 7.34. The Morgan fingerprint density at radius 1 is 1.24 bits per heavy atom. The highest BCUT2D eigenvalue weighted by molar-refractivity contribution is 8.26. The number of hydrogen-bond donors (Lipinski definition) is 1. The van der Waals surface area contributed by atoms with Crippen LogP contribution >= 0.6 is 24.0 Å². The minimum Gasteiger partial charge on any atom is -0.481 e. The maximum Gasteiger partial charge on any atom is 0.303 e. The van der Waals surface area contributed by atoms with Crippen LogP contribution in [0.3, 0.4) is 0 Å². The van der Waals surface area contributed by atoms with Gasteiger partial charge in [-0.2, -0.15) is 0 Å². The molecule has 0 bridgehead atoms. The van der Waals surface area contributed by atoms with Crippen molar-refractivity contribution in [2.24, 2.45) is 0 Å². The molecule has 1 amide bonds. The summed E-state index contributed by atoms with van der Waals surface area (Å²) in [5, 5.41) is 8.88. The lowest BCUT2D eigenvalue weighted by molar-refractivity contribution is -0.137. The van der Waals surface area contributed by atoms with Gasteiger partial charge in [-0.1, -0.05) is 37.0 Å². The van der Waals surface area contributed by atoms with Gasteiger partial charge in [0.05, 0.1) is 10.5 Å². The molecule has 0 atom stereocenters. The van der Waals surface area contributed by atoms with E-state index in [1.54, 1.807) is 12.3 Å². The molecule has 0 radical (unpaired) electrons. The van der Waals surface area contributed by atoms with E-state index in [1.165, 1.54) is 9.30 Å². The highest BCUT2D eigenvalue weighted by Crippen LogP contribution is 2.33. The summed E-state index contributed by atoms with van der Waals surface area (Å²) in [6.45, 7) is 8.45. The number of hydrogen-bond acceptors (Lipinski definition) is 8. The molecule has 0 aliphatic carbocycles. The normalized spacial score (nSPS) is 18.5. The van der Waals surface area contributed by atoms with Gasteiger partial charge >= 0.3 is 5.97 Å². The van der Waals surface area contributed by atoms with E-state index in [1.807, 2.05) is 19.1 Å². The molecular weight excluding hydrogens is 474 g/mol. The van der Waals surface area contributed by atoms with E-state index >= 15 is 0 Å². The van der Waals surface area contributed by atoms with Gasteiger partial charge in [0.15, 0.2) is 0 Å². The summed E-state index contributed by atoms with van der Waals surface area (Å²) >= 11 is 6.50. The van der Waals surface area contributed by atoms with Crippen molar-refractivity contribution in [2.45, 2.75) is 26.7 Å².